The number of urea groups is 1. The largest absolute Gasteiger partial charge is 0.377 e. The molecule has 2 amide bonds. The van der Waals surface area contributed by atoms with Crippen LogP contribution in [0.3, 0.4) is 0 Å². The average Bonchev–Trinajstić information content (AvgIpc) is 3.08. The molecule has 1 unspecified atom stereocenters. The molecular weight excluding hydrogens is 368 g/mol. The second-order valence-electron chi connectivity index (χ2n) is 7.65. The molecule has 2 aliphatic heterocycles. The van der Waals surface area contributed by atoms with E-state index in [1.807, 2.05) is 31.2 Å². The Bertz CT molecular complexity index is 885. The van der Waals surface area contributed by atoms with Crippen LogP contribution >= 0.6 is 0 Å². The fourth-order valence-corrected chi connectivity index (χ4v) is 3.84. The van der Waals surface area contributed by atoms with Gasteiger partial charge in [-0.1, -0.05) is 0 Å². The van der Waals surface area contributed by atoms with Crippen LogP contribution in [0.15, 0.2) is 24.3 Å². The summed E-state index contributed by atoms with van der Waals surface area (Å²) in [6.45, 7) is 8.61. The highest BCUT2D eigenvalue weighted by Gasteiger charge is 2.29. The molecule has 2 aliphatic rings. The average molecular weight is 396 g/mol. The first-order valence-corrected chi connectivity index (χ1v) is 10.1. The summed E-state index contributed by atoms with van der Waals surface area (Å²) in [5, 5.41) is 5.54. The summed E-state index contributed by atoms with van der Waals surface area (Å²) in [5.74, 6) is 1.74. The molecule has 1 aromatic heterocycles. The molecule has 3 heterocycles. The van der Waals surface area contributed by atoms with Crippen molar-refractivity contribution in [2.24, 2.45) is 0 Å². The molecule has 2 N–H and O–H groups in total. The maximum atomic E-state index is 11.7. The Hall–Kier alpha value is -2.71. The minimum atomic E-state index is -0.208. The number of nitrogens with one attached hydrogen (secondary N) is 2. The highest BCUT2D eigenvalue weighted by molar-refractivity contribution is 5.89. The van der Waals surface area contributed by atoms with Crippen LogP contribution in [0.4, 0.5) is 16.3 Å². The normalized spacial score (nSPS) is 19.1. The molecule has 0 spiro atoms. The summed E-state index contributed by atoms with van der Waals surface area (Å²) < 4.78 is 5.62. The molecule has 8 heteroatoms. The van der Waals surface area contributed by atoms with E-state index in [4.69, 9.17) is 14.7 Å². The van der Waals surface area contributed by atoms with Crippen LogP contribution in [0, 0.1) is 0 Å². The predicted molar refractivity (Wildman–Crippen MR) is 113 cm³/mol. The summed E-state index contributed by atoms with van der Waals surface area (Å²) in [4.78, 5) is 26.2. The minimum Gasteiger partial charge on any atom is -0.377 e. The summed E-state index contributed by atoms with van der Waals surface area (Å²) in [5.41, 5.74) is 3.99. The lowest BCUT2D eigenvalue weighted by Gasteiger charge is -2.35. The van der Waals surface area contributed by atoms with Crippen LogP contribution in [0.2, 0.25) is 0 Å². The van der Waals surface area contributed by atoms with Gasteiger partial charge in [-0.15, -0.1) is 0 Å². The number of benzene rings is 1. The summed E-state index contributed by atoms with van der Waals surface area (Å²) >= 11 is 0. The zero-order valence-electron chi connectivity index (χ0n) is 17.2. The van der Waals surface area contributed by atoms with Crippen LogP contribution in [-0.2, 0) is 17.8 Å². The Labute approximate surface area is 171 Å². The number of rotatable bonds is 4. The van der Waals surface area contributed by atoms with Crippen molar-refractivity contribution >= 4 is 17.5 Å². The van der Waals surface area contributed by atoms with Crippen LogP contribution in [0.5, 0.6) is 0 Å². The van der Waals surface area contributed by atoms with Gasteiger partial charge in [0.05, 0.1) is 24.9 Å². The van der Waals surface area contributed by atoms with Gasteiger partial charge in [0.25, 0.3) is 0 Å². The molecule has 29 heavy (non-hydrogen) atoms. The maximum Gasteiger partial charge on any atom is 0.319 e. The second-order valence-corrected chi connectivity index (χ2v) is 7.65. The molecule has 2 aromatic rings. The topological polar surface area (TPSA) is 82.6 Å². The standard InChI is InChI=1S/C21H28N6O2/c1-4-22-21(28)23-16-7-5-15(6-8-16)19-24-18-12-26(3)11-17(18)20(25-19)27-9-10-29-13-14(27)2/h5-8,14H,4,9-13H2,1-3H3,(H2,22,23,28). The number of hydrogen-bond acceptors (Lipinski definition) is 6. The molecular formula is C21H28N6O2. The molecule has 0 aliphatic carbocycles. The highest BCUT2D eigenvalue weighted by Crippen LogP contribution is 2.32. The van der Waals surface area contributed by atoms with Crippen molar-refractivity contribution in [3.05, 3.63) is 35.5 Å². The number of nitrogens with zero attached hydrogens (tertiary/aromatic N) is 4. The van der Waals surface area contributed by atoms with E-state index in [0.717, 1.165) is 48.2 Å². The van der Waals surface area contributed by atoms with Crippen molar-refractivity contribution in [1.82, 2.24) is 20.2 Å². The number of carbonyl (C=O) groups excluding carboxylic acids is 1. The lowest BCUT2D eigenvalue weighted by atomic mass is 10.1. The lowest BCUT2D eigenvalue weighted by molar-refractivity contribution is 0.0984. The van der Waals surface area contributed by atoms with Crippen molar-refractivity contribution in [2.75, 3.05) is 43.6 Å². The zero-order chi connectivity index (χ0) is 20.4. The van der Waals surface area contributed by atoms with Gasteiger partial charge in [-0.25, -0.2) is 14.8 Å². The number of ether oxygens (including phenoxy) is 1. The Balaban J connectivity index is 1.65. The zero-order valence-corrected chi connectivity index (χ0v) is 17.2. The highest BCUT2D eigenvalue weighted by atomic mass is 16.5. The van der Waals surface area contributed by atoms with E-state index in [0.29, 0.717) is 19.8 Å². The Morgan fingerprint density at radius 3 is 2.76 bits per heavy atom. The molecule has 0 saturated carbocycles. The third kappa shape index (κ3) is 4.18. The number of morpholine rings is 1. The van der Waals surface area contributed by atoms with Crippen LogP contribution < -0.4 is 15.5 Å². The number of carbonyl (C=O) groups is 1. The number of fused-ring (bicyclic) bond motifs is 1. The maximum absolute atomic E-state index is 11.7. The van der Waals surface area contributed by atoms with Gasteiger partial charge in [0, 0.05) is 43.0 Å². The number of hydrogen-bond donors (Lipinski definition) is 2. The van der Waals surface area contributed by atoms with Crippen molar-refractivity contribution in [1.29, 1.82) is 0 Å². The Kier molecular flexibility index (Phi) is 5.64. The molecule has 1 aromatic carbocycles. The van der Waals surface area contributed by atoms with Gasteiger partial charge in [-0.3, -0.25) is 4.90 Å². The third-order valence-electron chi connectivity index (χ3n) is 5.30. The number of amides is 2. The molecule has 1 saturated heterocycles. The molecule has 4 rings (SSSR count). The summed E-state index contributed by atoms with van der Waals surface area (Å²) in [7, 11) is 2.11. The van der Waals surface area contributed by atoms with Gasteiger partial charge in [0.1, 0.15) is 5.82 Å². The molecule has 1 atom stereocenters. The fraction of sp³-hybridized carbons (Fsp3) is 0.476. The lowest BCUT2D eigenvalue weighted by Crippen LogP contribution is -2.44. The Morgan fingerprint density at radius 2 is 2.03 bits per heavy atom. The van der Waals surface area contributed by atoms with E-state index in [1.165, 1.54) is 5.56 Å². The smallest absolute Gasteiger partial charge is 0.319 e. The minimum absolute atomic E-state index is 0.208. The van der Waals surface area contributed by atoms with E-state index < -0.39 is 0 Å². The van der Waals surface area contributed by atoms with Crippen molar-refractivity contribution in [3.63, 3.8) is 0 Å². The number of anilines is 2. The van der Waals surface area contributed by atoms with Gasteiger partial charge < -0.3 is 20.3 Å². The van der Waals surface area contributed by atoms with E-state index in [1.54, 1.807) is 0 Å². The molecule has 0 bridgehead atoms. The van der Waals surface area contributed by atoms with Gasteiger partial charge >= 0.3 is 6.03 Å². The molecule has 1 fully saturated rings. The first-order valence-electron chi connectivity index (χ1n) is 10.1. The first kappa shape index (κ1) is 19.6. The summed E-state index contributed by atoms with van der Waals surface area (Å²) in [6.07, 6.45) is 0. The van der Waals surface area contributed by atoms with E-state index in [9.17, 15) is 4.79 Å². The molecule has 154 valence electrons. The molecule has 8 nitrogen and oxygen atoms in total. The SMILES string of the molecule is CCNC(=O)Nc1ccc(-c2nc3c(c(N4CCOCC4C)n2)CN(C)C3)cc1. The van der Waals surface area contributed by atoms with Gasteiger partial charge in [-0.05, 0) is 45.2 Å². The third-order valence-corrected chi connectivity index (χ3v) is 5.30. The predicted octanol–water partition coefficient (Wildman–Crippen LogP) is 2.46. The first-order chi connectivity index (χ1) is 14.0. The quantitative estimate of drug-likeness (QED) is 0.826. The number of aromatic nitrogens is 2. The summed E-state index contributed by atoms with van der Waals surface area (Å²) in [6, 6.07) is 7.74. The fourth-order valence-electron chi connectivity index (χ4n) is 3.84. The van der Waals surface area contributed by atoms with Crippen molar-refractivity contribution in [2.45, 2.75) is 33.0 Å². The Morgan fingerprint density at radius 1 is 1.24 bits per heavy atom. The van der Waals surface area contributed by atoms with E-state index >= 15 is 0 Å². The van der Waals surface area contributed by atoms with Crippen LogP contribution in [-0.4, -0.2) is 60.3 Å². The van der Waals surface area contributed by atoms with Gasteiger partial charge in [0.2, 0.25) is 0 Å². The van der Waals surface area contributed by atoms with Gasteiger partial charge in [0.15, 0.2) is 5.82 Å². The molecule has 0 radical (unpaired) electrons. The van der Waals surface area contributed by atoms with E-state index in [2.05, 4.69) is 34.4 Å². The van der Waals surface area contributed by atoms with Crippen molar-refractivity contribution < 1.29 is 9.53 Å². The van der Waals surface area contributed by atoms with Crippen molar-refractivity contribution in [3.8, 4) is 11.4 Å². The van der Waals surface area contributed by atoms with Gasteiger partial charge in [-0.2, -0.15) is 0 Å². The van der Waals surface area contributed by atoms with E-state index in [-0.39, 0.29) is 12.1 Å². The van der Waals surface area contributed by atoms with Crippen LogP contribution in [0.25, 0.3) is 11.4 Å². The monoisotopic (exact) mass is 396 g/mol. The van der Waals surface area contributed by atoms with Crippen LogP contribution in [0.1, 0.15) is 25.1 Å². The second kappa shape index (κ2) is 8.34.